The van der Waals surface area contributed by atoms with Gasteiger partial charge in [-0.1, -0.05) is 0 Å². The number of ether oxygens (including phenoxy) is 1. The highest BCUT2D eigenvalue weighted by Gasteiger charge is 2.19. The van der Waals surface area contributed by atoms with Crippen LogP contribution in [0.2, 0.25) is 0 Å². The van der Waals surface area contributed by atoms with Crippen molar-refractivity contribution >= 4 is 11.7 Å². The Bertz CT molecular complexity index is 469. The van der Waals surface area contributed by atoms with E-state index in [-0.39, 0.29) is 12.0 Å². The lowest BCUT2D eigenvalue weighted by molar-refractivity contribution is -0.119. The van der Waals surface area contributed by atoms with Crippen molar-refractivity contribution in [2.24, 2.45) is 7.05 Å². The normalized spacial score (nSPS) is 19.2. The Morgan fingerprint density at radius 3 is 3.22 bits per heavy atom. The number of aryl methyl sites for hydroxylation is 1. The molecular weight excluding hydrogens is 232 g/mol. The predicted molar refractivity (Wildman–Crippen MR) is 64.8 cm³/mol. The van der Waals surface area contributed by atoms with Gasteiger partial charge in [0.05, 0.1) is 12.5 Å². The summed E-state index contributed by atoms with van der Waals surface area (Å²) in [4.78, 5) is 11.8. The number of anilines is 1. The van der Waals surface area contributed by atoms with E-state index in [1.165, 1.54) is 4.68 Å². The summed E-state index contributed by atoms with van der Waals surface area (Å²) >= 11 is 0. The fourth-order valence-corrected chi connectivity index (χ4v) is 2.02. The van der Waals surface area contributed by atoms with Gasteiger partial charge in [-0.3, -0.25) is 9.48 Å². The van der Waals surface area contributed by atoms with E-state index in [1.807, 2.05) is 6.07 Å². The molecule has 0 radical (unpaired) electrons. The van der Waals surface area contributed by atoms with Crippen molar-refractivity contribution in [2.45, 2.75) is 31.8 Å². The summed E-state index contributed by atoms with van der Waals surface area (Å²) in [6, 6.07) is 2.00. The molecule has 1 aromatic heterocycles. The predicted octanol–water partition coefficient (Wildman–Crippen LogP) is 1.19. The highest BCUT2D eigenvalue weighted by molar-refractivity contribution is 5.91. The van der Waals surface area contributed by atoms with E-state index in [4.69, 9.17) is 10.00 Å². The van der Waals surface area contributed by atoms with Crippen LogP contribution >= 0.6 is 0 Å². The number of aromatic nitrogens is 2. The van der Waals surface area contributed by atoms with Crippen molar-refractivity contribution in [2.75, 3.05) is 11.9 Å². The number of carbonyl (C=O) groups excluding carboxylic acids is 1. The lowest BCUT2D eigenvalue weighted by atomic mass is 10.1. The Balaban J connectivity index is 1.92. The Hall–Kier alpha value is -1.87. The molecule has 1 atom stereocenters. The van der Waals surface area contributed by atoms with Crippen LogP contribution in [0.1, 0.15) is 31.2 Å². The van der Waals surface area contributed by atoms with Crippen molar-refractivity contribution in [3.63, 3.8) is 0 Å². The molecule has 96 valence electrons. The SMILES string of the molecule is Cn1cc(C#N)c(NC(=O)CC2CCCCO2)n1. The van der Waals surface area contributed by atoms with E-state index in [1.54, 1.807) is 13.2 Å². The van der Waals surface area contributed by atoms with Crippen LogP contribution in [-0.2, 0) is 16.6 Å². The quantitative estimate of drug-likeness (QED) is 0.871. The lowest BCUT2D eigenvalue weighted by Crippen LogP contribution is -2.25. The van der Waals surface area contributed by atoms with Crippen LogP contribution in [0.25, 0.3) is 0 Å². The van der Waals surface area contributed by atoms with Crippen LogP contribution in [0.15, 0.2) is 6.20 Å². The largest absolute Gasteiger partial charge is 0.378 e. The molecule has 1 unspecified atom stereocenters. The van der Waals surface area contributed by atoms with Crippen LogP contribution in [0.4, 0.5) is 5.82 Å². The van der Waals surface area contributed by atoms with Gasteiger partial charge in [-0.25, -0.2) is 0 Å². The van der Waals surface area contributed by atoms with Gasteiger partial charge in [-0.05, 0) is 19.3 Å². The summed E-state index contributed by atoms with van der Waals surface area (Å²) in [6.07, 6.45) is 4.98. The van der Waals surface area contributed by atoms with Gasteiger partial charge in [-0.2, -0.15) is 10.4 Å². The van der Waals surface area contributed by atoms with Gasteiger partial charge >= 0.3 is 0 Å². The van der Waals surface area contributed by atoms with E-state index < -0.39 is 0 Å². The summed E-state index contributed by atoms with van der Waals surface area (Å²) in [5, 5.41) is 15.6. The number of nitrogens with zero attached hydrogens (tertiary/aromatic N) is 3. The molecule has 6 heteroatoms. The molecule has 0 saturated carbocycles. The summed E-state index contributed by atoms with van der Waals surface area (Å²) in [7, 11) is 1.71. The first-order valence-electron chi connectivity index (χ1n) is 6.04. The minimum atomic E-state index is -0.155. The van der Waals surface area contributed by atoms with Crippen LogP contribution in [0.3, 0.4) is 0 Å². The fraction of sp³-hybridized carbons (Fsp3) is 0.583. The average Bonchev–Trinajstić information content (AvgIpc) is 2.70. The second-order valence-corrected chi connectivity index (χ2v) is 4.42. The van der Waals surface area contributed by atoms with Gasteiger partial charge in [0, 0.05) is 19.9 Å². The van der Waals surface area contributed by atoms with Crippen molar-refractivity contribution < 1.29 is 9.53 Å². The third-order valence-corrected chi connectivity index (χ3v) is 2.89. The van der Waals surface area contributed by atoms with Gasteiger partial charge in [0.1, 0.15) is 11.6 Å². The molecule has 0 aliphatic carbocycles. The monoisotopic (exact) mass is 248 g/mol. The van der Waals surface area contributed by atoms with Crippen LogP contribution in [-0.4, -0.2) is 28.4 Å². The number of nitriles is 1. The minimum absolute atomic E-state index is 0.00648. The standard InChI is InChI=1S/C12H16N4O2/c1-16-8-9(7-13)12(15-16)14-11(17)6-10-4-2-3-5-18-10/h8,10H,2-6H2,1H3,(H,14,15,17). The average molecular weight is 248 g/mol. The topological polar surface area (TPSA) is 79.9 Å². The molecule has 2 heterocycles. The van der Waals surface area contributed by atoms with Crippen molar-refractivity contribution in [3.05, 3.63) is 11.8 Å². The molecule has 1 N–H and O–H groups in total. The van der Waals surface area contributed by atoms with E-state index >= 15 is 0 Å². The zero-order valence-corrected chi connectivity index (χ0v) is 10.3. The Morgan fingerprint density at radius 2 is 2.56 bits per heavy atom. The summed E-state index contributed by atoms with van der Waals surface area (Å²) in [6.45, 7) is 0.727. The Labute approximate surface area is 106 Å². The lowest BCUT2D eigenvalue weighted by Gasteiger charge is -2.21. The van der Waals surface area contributed by atoms with Gasteiger partial charge in [0.15, 0.2) is 5.82 Å². The van der Waals surface area contributed by atoms with Gasteiger partial charge < -0.3 is 10.1 Å². The van der Waals surface area contributed by atoms with Crippen LogP contribution in [0, 0.1) is 11.3 Å². The zero-order valence-electron chi connectivity index (χ0n) is 10.3. The first kappa shape index (κ1) is 12.6. The molecule has 1 aromatic rings. The molecule has 6 nitrogen and oxygen atoms in total. The first-order valence-corrected chi connectivity index (χ1v) is 6.04. The molecule has 1 aliphatic heterocycles. The minimum Gasteiger partial charge on any atom is -0.378 e. The summed E-state index contributed by atoms with van der Waals surface area (Å²) in [5.41, 5.74) is 0.371. The highest BCUT2D eigenvalue weighted by atomic mass is 16.5. The first-order chi connectivity index (χ1) is 8.69. The van der Waals surface area contributed by atoms with Crippen molar-refractivity contribution in [3.8, 4) is 6.07 Å². The van der Waals surface area contributed by atoms with E-state index in [2.05, 4.69) is 10.4 Å². The highest BCUT2D eigenvalue weighted by Crippen LogP contribution is 2.17. The Kier molecular flexibility index (Phi) is 3.95. The maximum atomic E-state index is 11.8. The van der Waals surface area contributed by atoms with Crippen LogP contribution < -0.4 is 5.32 Å². The smallest absolute Gasteiger partial charge is 0.228 e. The summed E-state index contributed by atoms with van der Waals surface area (Å²) < 4.78 is 7.00. The Morgan fingerprint density at radius 1 is 1.72 bits per heavy atom. The maximum Gasteiger partial charge on any atom is 0.228 e. The maximum absolute atomic E-state index is 11.8. The number of amides is 1. The molecule has 1 saturated heterocycles. The van der Waals surface area contributed by atoms with Gasteiger partial charge in [0.2, 0.25) is 5.91 Å². The van der Waals surface area contributed by atoms with Gasteiger partial charge in [-0.15, -0.1) is 0 Å². The number of nitrogens with one attached hydrogen (secondary N) is 1. The molecule has 0 bridgehead atoms. The van der Waals surface area contributed by atoms with Gasteiger partial charge in [0.25, 0.3) is 0 Å². The second-order valence-electron chi connectivity index (χ2n) is 4.42. The molecule has 1 amide bonds. The van der Waals surface area contributed by atoms with Crippen molar-refractivity contribution in [1.82, 2.24) is 9.78 Å². The van der Waals surface area contributed by atoms with E-state index in [0.29, 0.717) is 17.8 Å². The molecule has 0 aromatic carbocycles. The van der Waals surface area contributed by atoms with Crippen molar-refractivity contribution in [1.29, 1.82) is 5.26 Å². The molecule has 2 rings (SSSR count). The number of hydrogen-bond acceptors (Lipinski definition) is 4. The molecule has 0 spiro atoms. The number of hydrogen-bond donors (Lipinski definition) is 1. The fourth-order valence-electron chi connectivity index (χ4n) is 2.02. The number of carbonyl (C=O) groups is 1. The number of rotatable bonds is 3. The third-order valence-electron chi connectivity index (χ3n) is 2.89. The molecule has 1 aliphatic rings. The zero-order chi connectivity index (χ0) is 13.0. The molecule has 1 fully saturated rings. The second kappa shape index (κ2) is 5.65. The molecular formula is C12H16N4O2. The van der Waals surface area contributed by atoms with Crippen LogP contribution in [0.5, 0.6) is 0 Å². The summed E-state index contributed by atoms with van der Waals surface area (Å²) in [5.74, 6) is 0.165. The van der Waals surface area contributed by atoms with E-state index in [0.717, 1.165) is 25.9 Å². The van der Waals surface area contributed by atoms with E-state index in [9.17, 15) is 4.79 Å². The molecule has 18 heavy (non-hydrogen) atoms. The third kappa shape index (κ3) is 3.08.